The van der Waals surface area contributed by atoms with Gasteiger partial charge in [-0.05, 0) is 12.8 Å². The maximum atomic E-state index is 12.1. The van der Waals surface area contributed by atoms with Gasteiger partial charge in [0.15, 0.2) is 0 Å². The van der Waals surface area contributed by atoms with Crippen LogP contribution in [0.5, 0.6) is 0 Å². The molecule has 0 saturated carbocycles. The molecule has 0 saturated heterocycles. The molecule has 0 unspecified atom stereocenters. The van der Waals surface area contributed by atoms with Crippen molar-refractivity contribution in [1.29, 1.82) is 0 Å². The minimum absolute atomic E-state index is 0.0349. The number of hydrogen-bond acceptors (Lipinski definition) is 2. The Hall–Kier alpha value is -0.530. The largest absolute Gasteiger partial charge is 0.466 e. The topological polar surface area (TPSA) is 26.3 Å². The lowest BCUT2D eigenvalue weighted by atomic mass is 10.0. The molecular formula is C58H116O2. The Balaban J connectivity index is 3.13. The Morgan fingerprint density at radius 3 is 0.550 bits per heavy atom. The predicted molar refractivity (Wildman–Crippen MR) is 272 cm³/mol. The van der Waals surface area contributed by atoms with Crippen LogP contribution in [0.15, 0.2) is 0 Å². The van der Waals surface area contributed by atoms with E-state index in [2.05, 4.69) is 13.8 Å². The molecule has 0 aromatic heterocycles. The van der Waals surface area contributed by atoms with E-state index in [1.807, 2.05) is 0 Å². The van der Waals surface area contributed by atoms with Crippen LogP contribution in [0.4, 0.5) is 0 Å². The van der Waals surface area contributed by atoms with Gasteiger partial charge in [0.2, 0.25) is 0 Å². The summed E-state index contributed by atoms with van der Waals surface area (Å²) in [7, 11) is 0. The first-order chi connectivity index (χ1) is 29.8. The monoisotopic (exact) mass is 845 g/mol. The lowest BCUT2D eigenvalue weighted by molar-refractivity contribution is -0.143. The summed E-state index contributed by atoms with van der Waals surface area (Å²) in [4.78, 5) is 12.1. The normalized spacial score (nSPS) is 11.6. The number of carbonyl (C=O) groups excluding carboxylic acids is 1. The molecule has 0 fully saturated rings. The van der Waals surface area contributed by atoms with E-state index in [0.29, 0.717) is 13.0 Å². The number of carbonyl (C=O) groups is 1. The minimum atomic E-state index is 0.0349. The van der Waals surface area contributed by atoms with Crippen molar-refractivity contribution >= 4 is 5.97 Å². The van der Waals surface area contributed by atoms with Crippen LogP contribution in [0.25, 0.3) is 0 Å². The van der Waals surface area contributed by atoms with Crippen LogP contribution in [-0.4, -0.2) is 12.6 Å². The molecule has 0 amide bonds. The van der Waals surface area contributed by atoms with Crippen molar-refractivity contribution in [1.82, 2.24) is 0 Å². The van der Waals surface area contributed by atoms with E-state index in [1.54, 1.807) is 0 Å². The van der Waals surface area contributed by atoms with Gasteiger partial charge in [0.1, 0.15) is 0 Å². The third-order valence-corrected chi connectivity index (χ3v) is 13.7. The highest BCUT2D eigenvalue weighted by atomic mass is 16.5. The number of hydrogen-bond donors (Lipinski definition) is 0. The number of rotatable bonds is 55. The Labute approximate surface area is 381 Å². The first-order valence-electron chi connectivity index (χ1n) is 29.0. The van der Waals surface area contributed by atoms with Crippen LogP contribution in [0.2, 0.25) is 0 Å². The zero-order chi connectivity index (χ0) is 43.2. The smallest absolute Gasteiger partial charge is 0.305 e. The summed E-state index contributed by atoms with van der Waals surface area (Å²) in [6.07, 6.45) is 75.8. The molecule has 0 aromatic rings. The van der Waals surface area contributed by atoms with Crippen LogP contribution in [-0.2, 0) is 9.53 Å². The molecule has 0 aromatic carbocycles. The van der Waals surface area contributed by atoms with Gasteiger partial charge in [-0.25, -0.2) is 0 Å². The molecule has 0 spiro atoms. The van der Waals surface area contributed by atoms with Crippen molar-refractivity contribution in [3.05, 3.63) is 0 Å². The molecule has 0 radical (unpaired) electrons. The molecular weight excluding hydrogens is 729 g/mol. The number of unbranched alkanes of at least 4 members (excludes halogenated alkanes) is 51. The highest BCUT2D eigenvalue weighted by Gasteiger charge is 2.03. The van der Waals surface area contributed by atoms with Gasteiger partial charge in [0, 0.05) is 6.42 Å². The van der Waals surface area contributed by atoms with E-state index in [4.69, 9.17) is 4.74 Å². The van der Waals surface area contributed by atoms with Crippen molar-refractivity contribution in [2.45, 2.75) is 361 Å². The van der Waals surface area contributed by atoms with Gasteiger partial charge in [-0.15, -0.1) is 0 Å². The maximum Gasteiger partial charge on any atom is 0.305 e. The van der Waals surface area contributed by atoms with Gasteiger partial charge in [-0.2, -0.15) is 0 Å². The van der Waals surface area contributed by atoms with Crippen molar-refractivity contribution in [2.24, 2.45) is 0 Å². The molecule has 2 nitrogen and oxygen atoms in total. The van der Waals surface area contributed by atoms with Gasteiger partial charge < -0.3 is 4.74 Å². The van der Waals surface area contributed by atoms with E-state index in [-0.39, 0.29) is 5.97 Å². The summed E-state index contributed by atoms with van der Waals surface area (Å²) < 4.78 is 5.50. The van der Waals surface area contributed by atoms with Crippen molar-refractivity contribution in [3.8, 4) is 0 Å². The molecule has 0 rings (SSSR count). The fourth-order valence-electron chi connectivity index (χ4n) is 9.44. The third-order valence-electron chi connectivity index (χ3n) is 13.7. The quantitative estimate of drug-likeness (QED) is 0.0450. The standard InChI is InChI=1S/C58H116O2/c1-3-5-7-9-11-13-15-17-19-21-22-23-24-25-26-27-28-29-30-31-32-33-34-35-36-37-38-39-40-42-44-46-48-50-52-54-56-58(59)60-57-55-53-51-49-47-45-43-41-20-18-16-14-12-10-8-6-4-2/h3-57H2,1-2H3. The van der Waals surface area contributed by atoms with E-state index >= 15 is 0 Å². The van der Waals surface area contributed by atoms with Crippen molar-refractivity contribution < 1.29 is 9.53 Å². The molecule has 0 heterocycles. The first kappa shape index (κ1) is 59.5. The summed E-state index contributed by atoms with van der Waals surface area (Å²) in [6.45, 7) is 5.24. The first-order valence-corrected chi connectivity index (χ1v) is 29.0. The fourth-order valence-corrected chi connectivity index (χ4v) is 9.44. The third kappa shape index (κ3) is 55.5. The van der Waals surface area contributed by atoms with E-state index in [1.165, 1.54) is 327 Å². The summed E-state index contributed by atoms with van der Waals surface area (Å²) in [5, 5.41) is 0. The van der Waals surface area contributed by atoms with Crippen LogP contribution in [0, 0.1) is 0 Å². The van der Waals surface area contributed by atoms with E-state index in [0.717, 1.165) is 12.8 Å². The number of esters is 1. The van der Waals surface area contributed by atoms with E-state index < -0.39 is 0 Å². The second-order valence-corrected chi connectivity index (χ2v) is 20.0. The SMILES string of the molecule is CCCCCCCCCCCCCCCCCCCCCCCCCCCCCCCCCCCCCCC(=O)OCCCCCCCCCCCCCCCCCCC. The average molecular weight is 846 g/mol. The molecule has 0 N–H and O–H groups in total. The van der Waals surface area contributed by atoms with Crippen LogP contribution in [0.1, 0.15) is 361 Å². The molecule has 0 aliphatic rings. The highest BCUT2D eigenvalue weighted by Crippen LogP contribution is 2.19. The molecule has 0 bridgehead atoms. The zero-order valence-corrected chi connectivity index (χ0v) is 42.2. The molecule has 0 aliphatic heterocycles. The molecule has 2 heteroatoms. The van der Waals surface area contributed by atoms with Gasteiger partial charge >= 0.3 is 5.97 Å². The summed E-state index contributed by atoms with van der Waals surface area (Å²) in [6, 6.07) is 0. The number of ether oxygens (including phenoxy) is 1. The lowest BCUT2D eigenvalue weighted by Gasteiger charge is -2.06. The summed E-state index contributed by atoms with van der Waals surface area (Å²) in [5.74, 6) is 0.0349. The fraction of sp³-hybridized carbons (Fsp3) is 0.983. The average Bonchev–Trinajstić information content (AvgIpc) is 3.25. The van der Waals surface area contributed by atoms with Gasteiger partial charge in [0.25, 0.3) is 0 Å². The Bertz CT molecular complexity index is 747. The molecule has 0 atom stereocenters. The molecule has 360 valence electrons. The van der Waals surface area contributed by atoms with Crippen LogP contribution >= 0.6 is 0 Å². The maximum absolute atomic E-state index is 12.1. The van der Waals surface area contributed by atoms with Crippen molar-refractivity contribution in [3.63, 3.8) is 0 Å². The Morgan fingerprint density at radius 2 is 0.367 bits per heavy atom. The summed E-state index contributed by atoms with van der Waals surface area (Å²) >= 11 is 0. The van der Waals surface area contributed by atoms with E-state index in [9.17, 15) is 4.79 Å². The van der Waals surface area contributed by atoms with Gasteiger partial charge in [0.05, 0.1) is 6.61 Å². The zero-order valence-electron chi connectivity index (χ0n) is 42.2. The molecule has 60 heavy (non-hydrogen) atoms. The molecule has 0 aliphatic carbocycles. The minimum Gasteiger partial charge on any atom is -0.466 e. The predicted octanol–water partition coefficient (Wildman–Crippen LogP) is 21.6. The van der Waals surface area contributed by atoms with Gasteiger partial charge in [-0.1, -0.05) is 341 Å². The van der Waals surface area contributed by atoms with Crippen LogP contribution < -0.4 is 0 Å². The lowest BCUT2D eigenvalue weighted by Crippen LogP contribution is -2.05. The second kappa shape index (κ2) is 56.5. The summed E-state index contributed by atoms with van der Waals surface area (Å²) in [5.41, 5.74) is 0. The van der Waals surface area contributed by atoms with Gasteiger partial charge in [-0.3, -0.25) is 4.79 Å². The second-order valence-electron chi connectivity index (χ2n) is 20.0. The Morgan fingerprint density at radius 1 is 0.217 bits per heavy atom. The Kier molecular flexibility index (Phi) is 56.0. The van der Waals surface area contributed by atoms with Crippen LogP contribution in [0.3, 0.4) is 0 Å². The highest BCUT2D eigenvalue weighted by molar-refractivity contribution is 5.69. The van der Waals surface area contributed by atoms with Crippen molar-refractivity contribution in [2.75, 3.05) is 6.61 Å².